The van der Waals surface area contributed by atoms with Crippen LogP contribution in [0, 0.1) is 15.9 Å². The highest BCUT2D eigenvalue weighted by molar-refractivity contribution is 5.94. The maximum Gasteiger partial charge on any atom is 0.293 e. The van der Waals surface area contributed by atoms with Crippen LogP contribution in [0.4, 0.5) is 21.5 Å². The van der Waals surface area contributed by atoms with Crippen LogP contribution < -0.4 is 10.2 Å². The number of benzene rings is 2. The van der Waals surface area contributed by atoms with Gasteiger partial charge in [-0.2, -0.15) is 0 Å². The molecule has 10 heteroatoms. The summed E-state index contributed by atoms with van der Waals surface area (Å²) in [5, 5.41) is 17.8. The minimum atomic E-state index is -0.922. The first-order chi connectivity index (χ1) is 14.4. The van der Waals surface area contributed by atoms with E-state index in [1.54, 1.807) is 12.1 Å². The van der Waals surface area contributed by atoms with Gasteiger partial charge in [-0.05, 0) is 37.3 Å². The molecule has 1 N–H and O–H groups in total. The lowest BCUT2D eigenvalue weighted by Gasteiger charge is -2.28. The van der Waals surface area contributed by atoms with Gasteiger partial charge in [-0.25, -0.2) is 4.39 Å². The highest BCUT2D eigenvalue weighted by Gasteiger charge is 2.21. The fraction of sp³-hybridized carbons (Fsp3) is 0.300. The summed E-state index contributed by atoms with van der Waals surface area (Å²) in [7, 11) is 0. The third kappa shape index (κ3) is 5.51. The topological polar surface area (TPSA) is 106 Å². The summed E-state index contributed by atoms with van der Waals surface area (Å²) in [5.41, 5.74) is 1.37. The Labute approximate surface area is 172 Å². The normalized spacial score (nSPS) is 15.1. The second-order valence-corrected chi connectivity index (χ2v) is 6.58. The second kappa shape index (κ2) is 9.79. The fourth-order valence-electron chi connectivity index (χ4n) is 2.85. The van der Waals surface area contributed by atoms with Gasteiger partial charge in [0, 0.05) is 30.4 Å². The highest BCUT2D eigenvalue weighted by atomic mass is 19.1. The van der Waals surface area contributed by atoms with Crippen molar-refractivity contribution >= 4 is 29.2 Å². The highest BCUT2D eigenvalue weighted by Crippen LogP contribution is 2.29. The molecule has 2 aromatic carbocycles. The van der Waals surface area contributed by atoms with Crippen molar-refractivity contribution in [3.63, 3.8) is 0 Å². The molecule has 0 aromatic heterocycles. The van der Waals surface area contributed by atoms with Crippen LogP contribution in [0.15, 0.2) is 47.6 Å². The van der Waals surface area contributed by atoms with E-state index in [2.05, 4.69) is 10.5 Å². The Morgan fingerprint density at radius 3 is 2.67 bits per heavy atom. The van der Waals surface area contributed by atoms with E-state index in [4.69, 9.17) is 9.57 Å². The lowest BCUT2D eigenvalue weighted by molar-refractivity contribution is -0.384. The van der Waals surface area contributed by atoms with Crippen LogP contribution in [0.1, 0.15) is 12.5 Å². The number of halogens is 1. The molecule has 9 nitrogen and oxygen atoms in total. The molecular weight excluding hydrogens is 395 g/mol. The van der Waals surface area contributed by atoms with E-state index in [0.29, 0.717) is 43.2 Å². The molecule has 0 unspecified atom stereocenters. The molecule has 1 amide bonds. The SMILES string of the molecule is C[C@@H](O/N=C\c1ccc(N2CCOCC2)c([N+](=O)[O-])c1)C(=O)Nc1ccc(F)cc1. The van der Waals surface area contributed by atoms with Crippen LogP contribution >= 0.6 is 0 Å². The third-order valence-corrected chi connectivity index (χ3v) is 4.45. The predicted molar refractivity (Wildman–Crippen MR) is 109 cm³/mol. The number of carbonyl (C=O) groups is 1. The largest absolute Gasteiger partial charge is 0.383 e. The Morgan fingerprint density at radius 2 is 2.00 bits per heavy atom. The van der Waals surface area contributed by atoms with Gasteiger partial charge in [0.25, 0.3) is 11.6 Å². The maximum absolute atomic E-state index is 12.9. The molecule has 1 saturated heterocycles. The van der Waals surface area contributed by atoms with Crippen LogP contribution in [0.3, 0.4) is 0 Å². The fourth-order valence-corrected chi connectivity index (χ4v) is 2.85. The number of nitro benzene ring substituents is 1. The second-order valence-electron chi connectivity index (χ2n) is 6.58. The van der Waals surface area contributed by atoms with E-state index in [1.807, 2.05) is 4.90 Å². The lowest BCUT2D eigenvalue weighted by Crippen LogP contribution is -2.36. The number of morpholine rings is 1. The molecule has 0 saturated carbocycles. The summed E-state index contributed by atoms with van der Waals surface area (Å²) in [6, 6.07) is 10.1. The van der Waals surface area contributed by atoms with E-state index in [-0.39, 0.29) is 5.69 Å². The number of hydrogen-bond donors (Lipinski definition) is 1. The number of hydrogen-bond acceptors (Lipinski definition) is 7. The molecule has 1 aliphatic rings. The number of carbonyl (C=O) groups excluding carboxylic acids is 1. The van der Waals surface area contributed by atoms with Gasteiger partial charge in [-0.1, -0.05) is 11.2 Å². The zero-order chi connectivity index (χ0) is 21.5. The summed E-state index contributed by atoms with van der Waals surface area (Å²) < 4.78 is 18.2. The van der Waals surface area contributed by atoms with Crippen LogP contribution in [0.5, 0.6) is 0 Å². The number of ether oxygens (including phenoxy) is 1. The summed E-state index contributed by atoms with van der Waals surface area (Å²) in [5.74, 6) is -0.872. The molecule has 2 aromatic rings. The third-order valence-electron chi connectivity index (χ3n) is 4.45. The first-order valence-electron chi connectivity index (χ1n) is 9.31. The van der Waals surface area contributed by atoms with Crippen molar-refractivity contribution in [2.45, 2.75) is 13.0 Å². The average molecular weight is 416 g/mol. The Bertz CT molecular complexity index is 929. The van der Waals surface area contributed by atoms with Crippen LogP contribution in [-0.4, -0.2) is 49.5 Å². The number of rotatable bonds is 7. The lowest BCUT2D eigenvalue weighted by atomic mass is 10.1. The van der Waals surface area contributed by atoms with Crippen LogP contribution in [0.25, 0.3) is 0 Å². The molecule has 0 bridgehead atoms. The smallest absolute Gasteiger partial charge is 0.293 e. The standard InChI is InChI=1S/C20H21FN4O5/c1-14(20(26)23-17-5-3-16(21)4-6-17)30-22-13-15-2-7-18(19(12-15)25(27)28)24-8-10-29-11-9-24/h2-7,12-14H,8-11H2,1H3,(H,23,26)/b22-13-/t14-/m1/s1. The molecular formula is C20H21FN4O5. The number of amides is 1. The molecule has 0 radical (unpaired) electrons. The monoisotopic (exact) mass is 416 g/mol. The van der Waals surface area contributed by atoms with Gasteiger partial charge in [0.05, 0.1) is 24.4 Å². The molecule has 0 spiro atoms. The first kappa shape index (κ1) is 21.2. The summed E-state index contributed by atoms with van der Waals surface area (Å²) >= 11 is 0. The summed E-state index contributed by atoms with van der Waals surface area (Å²) in [6.45, 7) is 3.70. The van der Waals surface area contributed by atoms with Crippen molar-refractivity contribution in [2.24, 2.45) is 5.16 Å². The minimum Gasteiger partial charge on any atom is -0.383 e. The maximum atomic E-state index is 12.9. The van der Waals surface area contributed by atoms with E-state index < -0.39 is 22.8 Å². The number of anilines is 2. The Balaban J connectivity index is 1.62. The Hall–Kier alpha value is -3.53. The molecule has 30 heavy (non-hydrogen) atoms. The zero-order valence-electron chi connectivity index (χ0n) is 16.3. The van der Waals surface area contributed by atoms with Crippen molar-refractivity contribution in [3.8, 4) is 0 Å². The first-order valence-corrected chi connectivity index (χ1v) is 9.31. The van der Waals surface area contributed by atoms with E-state index in [0.717, 1.165) is 0 Å². The van der Waals surface area contributed by atoms with Gasteiger partial charge < -0.3 is 19.8 Å². The molecule has 3 rings (SSSR count). The average Bonchev–Trinajstić information content (AvgIpc) is 2.75. The Kier molecular flexibility index (Phi) is 6.91. The van der Waals surface area contributed by atoms with Crippen molar-refractivity contribution in [2.75, 3.05) is 36.5 Å². The van der Waals surface area contributed by atoms with E-state index >= 15 is 0 Å². The summed E-state index contributed by atoms with van der Waals surface area (Å²) in [6.07, 6.45) is 0.381. The van der Waals surface area contributed by atoms with Crippen LogP contribution in [0.2, 0.25) is 0 Å². The molecule has 1 heterocycles. The van der Waals surface area contributed by atoms with Crippen molar-refractivity contribution in [1.82, 2.24) is 0 Å². The Morgan fingerprint density at radius 1 is 1.30 bits per heavy atom. The number of nitro groups is 1. The van der Waals surface area contributed by atoms with Gasteiger partial charge in [-0.15, -0.1) is 0 Å². The van der Waals surface area contributed by atoms with Gasteiger partial charge in [-0.3, -0.25) is 14.9 Å². The molecule has 1 atom stereocenters. The predicted octanol–water partition coefficient (Wildman–Crippen LogP) is 2.95. The zero-order valence-corrected chi connectivity index (χ0v) is 16.3. The molecule has 1 fully saturated rings. The molecule has 158 valence electrons. The van der Waals surface area contributed by atoms with Gasteiger partial charge in [0.15, 0.2) is 0 Å². The van der Waals surface area contributed by atoms with Gasteiger partial charge in [0.1, 0.15) is 11.5 Å². The number of nitrogens with zero attached hydrogens (tertiary/aromatic N) is 3. The molecule has 1 aliphatic heterocycles. The van der Waals surface area contributed by atoms with Gasteiger partial charge >= 0.3 is 0 Å². The van der Waals surface area contributed by atoms with Crippen LogP contribution in [-0.2, 0) is 14.4 Å². The number of oxime groups is 1. The quantitative estimate of drug-likeness (QED) is 0.423. The van der Waals surface area contributed by atoms with E-state index in [9.17, 15) is 19.3 Å². The van der Waals surface area contributed by atoms with Gasteiger partial charge in [0.2, 0.25) is 6.10 Å². The minimum absolute atomic E-state index is 0.0389. The van der Waals surface area contributed by atoms with Crippen molar-refractivity contribution in [3.05, 3.63) is 64.0 Å². The van der Waals surface area contributed by atoms with E-state index in [1.165, 1.54) is 43.5 Å². The number of nitrogens with one attached hydrogen (secondary N) is 1. The van der Waals surface area contributed by atoms with Crippen molar-refractivity contribution < 1.29 is 23.7 Å². The van der Waals surface area contributed by atoms with Crippen molar-refractivity contribution in [1.29, 1.82) is 0 Å². The molecule has 0 aliphatic carbocycles. The summed E-state index contributed by atoms with van der Waals surface area (Å²) in [4.78, 5) is 30.2.